The molecule has 0 amide bonds. The highest BCUT2D eigenvalue weighted by atomic mass is 32.2. The fraction of sp³-hybridized carbons (Fsp3) is 0.333. The zero-order valence-corrected chi connectivity index (χ0v) is 11.8. The highest BCUT2D eigenvalue weighted by molar-refractivity contribution is 7.88. The lowest BCUT2D eigenvalue weighted by molar-refractivity contribution is -0.142. The Morgan fingerprint density at radius 3 is 2.60 bits per heavy atom. The molecule has 20 heavy (non-hydrogen) atoms. The number of carbonyl (C=O) groups is 2. The summed E-state index contributed by atoms with van der Waals surface area (Å²) in [5, 5.41) is 8.83. The molecule has 1 aromatic rings. The third-order valence-corrected chi connectivity index (χ3v) is 3.87. The number of hydrogen-bond donors (Lipinski definition) is 2. The van der Waals surface area contributed by atoms with Crippen molar-refractivity contribution in [1.29, 1.82) is 0 Å². The number of nitrogens with one attached hydrogen (secondary N) is 1. The Balaban J connectivity index is 2.83. The minimum atomic E-state index is -3.78. The first-order chi connectivity index (χ1) is 9.25. The summed E-state index contributed by atoms with van der Waals surface area (Å²) in [6.07, 6.45) is 0. The number of methoxy groups -OCH3 is 1. The molecule has 0 fully saturated rings. The summed E-state index contributed by atoms with van der Waals surface area (Å²) in [6, 6.07) is 4.58. The van der Waals surface area contributed by atoms with Crippen LogP contribution in [0.15, 0.2) is 24.3 Å². The van der Waals surface area contributed by atoms with Gasteiger partial charge in [-0.2, -0.15) is 0 Å². The molecule has 1 rings (SSSR count). The fourth-order valence-corrected chi connectivity index (χ4v) is 2.89. The summed E-state index contributed by atoms with van der Waals surface area (Å²) in [7, 11) is -2.62. The van der Waals surface area contributed by atoms with E-state index in [9.17, 15) is 18.0 Å². The average molecular weight is 301 g/mol. The van der Waals surface area contributed by atoms with Crippen molar-refractivity contribution in [1.82, 2.24) is 4.72 Å². The zero-order valence-electron chi connectivity index (χ0n) is 11.0. The van der Waals surface area contributed by atoms with Crippen LogP contribution in [0.5, 0.6) is 0 Å². The molecule has 0 heterocycles. The largest absolute Gasteiger partial charge is 0.478 e. The molecule has 1 unspecified atom stereocenters. The zero-order chi connectivity index (χ0) is 15.3. The van der Waals surface area contributed by atoms with Crippen molar-refractivity contribution >= 4 is 22.0 Å². The Labute approximate surface area is 116 Å². The number of sulfonamides is 1. The number of carbonyl (C=O) groups excluding carboxylic acids is 1. The van der Waals surface area contributed by atoms with E-state index in [0.29, 0.717) is 5.56 Å². The predicted molar refractivity (Wildman–Crippen MR) is 70.6 cm³/mol. The molecule has 0 spiro atoms. The van der Waals surface area contributed by atoms with Crippen molar-refractivity contribution < 1.29 is 27.9 Å². The van der Waals surface area contributed by atoms with Gasteiger partial charge in [-0.15, -0.1) is 0 Å². The topological polar surface area (TPSA) is 110 Å². The van der Waals surface area contributed by atoms with Gasteiger partial charge in [-0.3, -0.25) is 4.79 Å². The van der Waals surface area contributed by atoms with Crippen molar-refractivity contribution in [2.45, 2.75) is 18.7 Å². The van der Waals surface area contributed by atoms with Gasteiger partial charge in [0.15, 0.2) is 0 Å². The summed E-state index contributed by atoms with van der Waals surface area (Å²) in [5.41, 5.74) is 0.313. The first-order valence-corrected chi connectivity index (χ1v) is 7.30. The Kier molecular flexibility index (Phi) is 5.23. The Bertz CT molecular complexity index is 610. The third kappa shape index (κ3) is 4.63. The molecule has 0 saturated heterocycles. The van der Waals surface area contributed by atoms with Gasteiger partial charge in [0.25, 0.3) is 0 Å². The Morgan fingerprint density at radius 2 is 2.05 bits per heavy atom. The summed E-state index contributed by atoms with van der Waals surface area (Å²) < 4.78 is 30.3. The van der Waals surface area contributed by atoms with E-state index in [1.807, 2.05) is 0 Å². The van der Waals surface area contributed by atoms with Crippen molar-refractivity contribution in [3.63, 3.8) is 0 Å². The number of benzene rings is 1. The molecule has 8 heteroatoms. The molecule has 0 aliphatic carbocycles. The lowest BCUT2D eigenvalue weighted by Gasteiger charge is -2.12. The molecular weight excluding hydrogens is 286 g/mol. The van der Waals surface area contributed by atoms with Gasteiger partial charge in [0.05, 0.1) is 18.4 Å². The predicted octanol–water partition coefficient (Wildman–Crippen LogP) is 0.366. The first kappa shape index (κ1) is 16.1. The lowest BCUT2D eigenvalue weighted by Crippen LogP contribution is -2.39. The van der Waals surface area contributed by atoms with Crippen LogP contribution in [0, 0.1) is 0 Å². The molecule has 0 bridgehead atoms. The van der Waals surface area contributed by atoms with Crippen LogP contribution < -0.4 is 4.72 Å². The minimum absolute atomic E-state index is 0.00119. The number of rotatable bonds is 6. The van der Waals surface area contributed by atoms with E-state index in [0.717, 1.165) is 7.11 Å². The molecule has 7 nitrogen and oxygen atoms in total. The minimum Gasteiger partial charge on any atom is -0.478 e. The van der Waals surface area contributed by atoms with Crippen LogP contribution in [0.3, 0.4) is 0 Å². The van der Waals surface area contributed by atoms with E-state index in [-0.39, 0.29) is 5.56 Å². The van der Waals surface area contributed by atoms with Crippen molar-refractivity contribution in [2.24, 2.45) is 0 Å². The van der Waals surface area contributed by atoms with E-state index in [1.165, 1.54) is 31.2 Å². The molecule has 0 aliphatic rings. The summed E-state index contributed by atoms with van der Waals surface area (Å²) >= 11 is 0. The van der Waals surface area contributed by atoms with E-state index < -0.39 is 33.8 Å². The van der Waals surface area contributed by atoms with Crippen LogP contribution in [0.25, 0.3) is 0 Å². The summed E-state index contributed by atoms with van der Waals surface area (Å²) in [5.74, 6) is -2.26. The van der Waals surface area contributed by atoms with Gasteiger partial charge in [0, 0.05) is 0 Å². The van der Waals surface area contributed by atoms with Crippen LogP contribution in [0.1, 0.15) is 22.8 Å². The van der Waals surface area contributed by atoms with Crippen LogP contribution in [0.4, 0.5) is 0 Å². The number of aromatic carboxylic acids is 1. The monoisotopic (exact) mass is 301 g/mol. The van der Waals surface area contributed by atoms with Crippen LogP contribution >= 0.6 is 0 Å². The number of ether oxygens (including phenoxy) is 1. The Hall–Kier alpha value is -1.93. The van der Waals surface area contributed by atoms with Crippen molar-refractivity contribution in [3.8, 4) is 0 Å². The van der Waals surface area contributed by atoms with E-state index >= 15 is 0 Å². The smallest absolute Gasteiger partial charge is 0.335 e. The maximum absolute atomic E-state index is 11.8. The standard InChI is InChI=1S/C12H15NO6S/c1-8(12(16)19-2)13-20(17,18)7-9-4-3-5-10(6-9)11(14)15/h3-6,8,13H,7H2,1-2H3,(H,14,15). The van der Waals surface area contributed by atoms with E-state index in [4.69, 9.17) is 5.11 Å². The number of carboxylic acids is 1. The molecule has 0 aromatic heterocycles. The van der Waals surface area contributed by atoms with E-state index in [1.54, 1.807) is 0 Å². The van der Waals surface area contributed by atoms with Crippen LogP contribution in [-0.2, 0) is 25.3 Å². The van der Waals surface area contributed by atoms with Crippen molar-refractivity contribution in [3.05, 3.63) is 35.4 Å². The number of carboxylic acid groups (broad SMARTS) is 1. The first-order valence-electron chi connectivity index (χ1n) is 5.65. The fourth-order valence-electron chi connectivity index (χ4n) is 1.55. The second-order valence-corrected chi connectivity index (χ2v) is 5.88. The maximum atomic E-state index is 11.8. The molecule has 0 saturated carbocycles. The van der Waals surface area contributed by atoms with Crippen LogP contribution in [0.2, 0.25) is 0 Å². The molecule has 110 valence electrons. The quantitative estimate of drug-likeness (QED) is 0.734. The van der Waals surface area contributed by atoms with Gasteiger partial charge in [0.2, 0.25) is 10.0 Å². The maximum Gasteiger partial charge on any atom is 0.335 e. The Morgan fingerprint density at radius 1 is 1.40 bits per heavy atom. The van der Waals surface area contributed by atoms with Gasteiger partial charge in [0.1, 0.15) is 6.04 Å². The molecular formula is C12H15NO6S. The number of hydrogen-bond acceptors (Lipinski definition) is 5. The van der Waals surface area contributed by atoms with Gasteiger partial charge < -0.3 is 9.84 Å². The van der Waals surface area contributed by atoms with Crippen molar-refractivity contribution in [2.75, 3.05) is 7.11 Å². The van der Waals surface area contributed by atoms with Gasteiger partial charge in [-0.05, 0) is 24.6 Å². The summed E-state index contributed by atoms with van der Waals surface area (Å²) in [4.78, 5) is 22.0. The summed E-state index contributed by atoms with van der Waals surface area (Å²) in [6.45, 7) is 1.36. The SMILES string of the molecule is COC(=O)C(C)NS(=O)(=O)Cc1cccc(C(=O)O)c1. The second-order valence-electron chi connectivity index (χ2n) is 4.13. The van der Waals surface area contributed by atoms with Gasteiger partial charge in [-0.1, -0.05) is 12.1 Å². The van der Waals surface area contributed by atoms with Crippen LogP contribution in [-0.4, -0.2) is 38.6 Å². The lowest BCUT2D eigenvalue weighted by atomic mass is 10.1. The average Bonchev–Trinajstić information content (AvgIpc) is 2.36. The molecule has 0 radical (unpaired) electrons. The third-order valence-electron chi connectivity index (χ3n) is 2.44. The van der Waals surface area contributed by atoms with Gasteiger partial charge in [-0.25, -0.2) is 17.9 Å². The molecule has 2 N–H and O–H groups in total. The van der Waals surface area contributed by atoms with Gasteiger partial charge >= 0.3 is 11.9 Å². The second kappa shape index (κ2) is 6.49. The molecule has 1 aromatic carbocycles. The van der Waals surface area contributed by atoms with E-state index in [2.05, 4.69) is 9.46 Å². The molecule has 1 atom stereocenters. The number of esters is 1. The normalized spacial score (nSPS) is 12.7. The highest BCUT2D eigenvalue weighted by Gasteiger charge is 2.21. The molecule has 0 aliphatic heterocycles. The highest BCUT2D eigenvalue weighted by Crippen LogP contribution is 2.09.